The van der Waals surface area contributed by atoms with Gasteiger partial charge in [-0.05, 0) is 47.1 Å². The highest BCUT2D eigenvalue weighted by molar-refractivity contribution is 5.77. The molecule has 0 fully saturated rings. The molecule has 0 aromatic heterocycles. The van der Waals surface area contributed by atoms with E-state index in [1.165, 1.54) is 0 Å². The number of rotatable bonds is 4. The van der Waals surface area contributed by atoms with Gasteiger partial charge in [-0.3, -0.25) is 4.79 Å². The van der Waals surface area contributed by atoms with Crippen molar-refractivity contribution < 1.29 is 14.3 Å². The fraction of sp³-hybridized carbons (Fsp3) is 0.588. The van der Waals surface area contributed by atoms with E-state index in [2.05, 4.69) is 0 Å². The quantitative estimate of drug-likeness (QED) is 0.866. The predicted molar refractivity (Wildman–Crippen MR) is 83.8 cm³/mol. The molecule has 1 aromatic carbocycles. The Labute approximate surface area is 127 Å². The van der Waals surface area contributed by atoms with Gasteiger partial charge in [0.15, 0.2) is 0 Å². The van der Waals surface area contributed by atoms with Crippen LogP contribution in [0.1, 0.15) is 53.2 Å². The SMILES string of the molecule is CC(C)(C)OC(=O)C(N)C(OC(C)(C)C)c1ccccc1. The van der Waals surface area contributed by atoms with E-state index >= 15 is 0 Å². The van der Waals surface area contributed by atoms with E-state index in [0.29, 0.717) is 0 Å². The average molecular weight is 293 g/mol. The Kier molecular flexibility index (Phi) is 5.54. The summed E-state index contributed by atoms with van der Waals surface area (Å²) in [6.07, 6.45) is -0.541. The van der Waals surface area contributed by atoms with Crippen molar-refractivity contribution in [3.8, 4) is 0 Å². The molecule has 118 valence electrons. The molecule has 2 atom stereocenters. The van der Waals surface area contributed by atoms with Crippen LogP contribution in [0.15, 0.2) is 30.3 Å². The second kappa shape index (κ2) is 6.58. The molecular weight excluding hydrogens is 266 g/mol. The molecule has 0 bridgehead atoms. The second-order valence-corrected chi connectivity index (χ2v) is 7.12. The maximum Gasteiger partial charge on any atom is 0.326 e. The molecule has 1 rings (SSSR count). The van der Waals surface area contributed by atoms with Crippen LogP contribution in [-0.2, 0) is 14.3 Å². The fourth-order valence-electron chi connectivity index (χ4n) is 1.87. The Morgan fingerprint density at radius 2 is 1.52 bits per heavy atom. The van der Waals surface area contributed by atoms with E-state index in [1.807, 2.05) is 71.9 Å². The van der Waals surface area contributed by atoms with Gasteiger partial charge in [-0.25, -0.2) is 0 Å². The van der Waals surface area contributed by atoms with Gasteiger partial charge in [0, 0.05) is 0 Å². The summed E-state index contributed by atoms with van der Waals surface area (Å²) in [7, 11) is 0. The monoisotopic (exact) mass is 293 g/mol. The molecule has 4 nitrogen and oxygen atoms in total. The minimum atomic E-state index is -0.870. The zero-order valence-corrected chi connectivity index (χ0v) is 13.8. The Bertz CT molecular complexity index is 457. The van der Waals surface area contributed by atoms with Gasteiger partial charge in [0.25, 0.3) is 0 Å². The van der Waals surface area contributed by atoms with Crippen LogP contribution in [0.5, 0.6) is 0 Å². The molecule has 1 aromatic rings. The lowest BCUT2D eigenvalue weighted by atomic mass is 10.0. The minimum Gasteiger partial charge on any atom is -0.459 e. The number of nitrogens with two attached hydrogens (primary N) is 1. The van der Waals surface area contributed by atoms with Crippen LogP contribution in [0, 0.1) is 0 Å². The van der Waals surface area contributed by atoms with Crippen molar-refractivity contribution in [1.29, 1.82) is 0 Å². The van der Waals surface area contributed by atoms with Crippen molar-refractivity contribution in [2.45, 2.75) is 64.9 Å². The van der Waals surface area contributed by atoms with Gasteiger partial charge in [-0.2, -0.15) is 0 Å². The topological polar surface area (TPSA) is 61.5 Å². The number of carbonyl (C=O) groups is 1. The Hall–Kier alpha value is -1.39. The molecule has 0 radical (unpaired) electrons. The van der Waals surface area contributed by atoms with Gasteiger partial charge in [0.1, 0.15) is 17.7 Å². The third-order valence-electron chi connectivity index (χ3n) is 2.61. The standard InChI is InChI=1S/C17H27NO3/c1-16(2,3)20-14(12-10-8-7-9-11-12)13(18)15(19)21-17(4,5)6/h7-11,13-14H,18H2,1-6H3. The normalized spacial score (nSPS) is 15.4. The first-order valence-corrected chi connectivity index (χ1v) is 7.21. The summed E-state index contributed by atoms with van der Waals surface area (Å²) in [6.45, 7) is 11.3. The Balaban J connectivity index is 2.99. The third-order valence-corrected chi connectivity index (χ3v) is 2.61. The van der Waals surface area contributed by atoms with Crippen LogP contribution in [0.3, 0.4) is 0 Å². The van der Waals surface area contributed by atoms with E-state index in [-0.39, 0.29) is 0 Å². The summed E-state index contributed by atoms with van der Waals surface area (Å²) in [6, 6.07) is 8.65. The molecule has 0 aliphatic heterocycles. The van der Waals surface area contributed by atoms with E-state index < -0.39 is 29.3 Å². The molecule has 0 aliphatic rings. The predicted octanol–water partition coefficient (Wildman–Crippen LogP) is 3.21. The first-order valence-electron chi connectivity index (χ1n) is 7.21. The number of hydrogen-bond acceptors (Lipinski definition) is 4. The molecular formula is C17H27NO3. The van der Waals surface area contributed by atoms with E-state index in [4.69, 9.17) is 15.2 Å². The fourth-order valence-corrected chi connectivity index (χ4v) is 1.87. The lowest BCUT2D eigenvalue weighted by molar-refractivity contribution is -0.164. The maximum atomic E-state index is 12.2. The molecule has 0 aliphatic carbocycles. The second-order valence-electron chi connectivity index (χ2n) is 7.12. The summed E-state index contributed by atoms with van der Waals surface area (Å²) in [4.78, 5) is 12.2. The highest BCUT2D eigenvalue weighted by Gasteiger charge is 2.33. The summed E-state index contributed by atoms with van der Waals surface area (Å²) >= 11 is 0. The van der Waals surface area contributed by atoms with Crippen molar-refractivity contribution in [3.05, 3.63) is 35.9 Å². The lowest BCUT2D eigenvalue weighted by Gasteiger charge is -2.32. The molecule has 0 amide bonds. The number of carbonyl (C=O) groups excluding carboxylic acids is 1. The highest BCUT2D eigenvalue weighted by atomic mass is 16.6. The van der Waals surface area contributed by atoms with Crippen LogP contribution >= 0.6 is 0 Å². The molecule has 2 N–H and O–H groups in total. The molecule has 0 spiro atoms. The maximum absolute atomic E-state index is 12.2. The van der Waals surface area contributed by atoms with Crippen molar-refractivity contribution >= 4 is 5.97 Å². The smallest absolute Gasteiger partial charge is 0.326 e. The van der Waals surface area contributed by atoms with Gasteiger partial charge in [-0.15, -0.1) is 0 Å². The summed E-state index contributed by atoms with van der Waals surface area (Å²) < 4.78 is 11.4. The van der Waals surface area contributed by atoms with E-state index in [9.17, 15) is 4.79 Å². The number of esters is 1. The van der Waals surface area contributed by atoms with Gasteiger partial charge in [0.05, 0.1) is 5.60 Å². The van der Waals surface area contributed by atoms with Crippen molar-refractivity contribution in [3.63, 3.8) is 0 Å². The molecule has 0 saturated heterocycles. The van der Waals surface area contributed by atoms with Gasteiger partial charge >= 0.3 is 5.97 Å². The van der Waals surface area contributed by atoms with E-state index in [0.717, 1.165) is 5.56 Å². The third kappa shape index (κ3) is 6.27. The average Bonchev–Trinajstić information content (AvgIpc) is 2.33. The van der Waals surface area contributed by atoms with E-state index in [1.54, 1.807) is 0 Å². The van der Waals surface area contributed by atoms with Crippen LogP contribution in [-0.4, -0.2) is 23.2 Å². The Morgan fingerprint density at radius 1 is 1.00 bits per heavy atom. The van der Waals surface area contributed by atoms with Crippen molar-refractivity contribution in [2.75, 3.05) is 0 Å². The lowest BCUT2D eigenvalue weighted by Crippen LogP contribution is -2.44. The molecule has 21 heavy (non-hydrogen) atoms. The molecule has 2 unspecified atom stereocenters. The summed E-state index contributed by atoms with van der Waals surface area (Å²) in [5.41, 5.74) is 5.99. The first-order chi connectivity index (χ1) is 9.49. The molecule has 0 saturated carbocycles. The molecule has 0 heterocycles. The zero-order chi connectivity index (χ0) is 16.3. The van der Waals surface area contributed by atoms with Crippen LogP contribution in [0.2, 0.25) is 0 Å². The Morgan fingerprint density at radius 3 is 1.95 bits per heavy atom. The number of hydrogen-bond donors (Lipinski definition) is 1. The minimum absolute atomic E-state index is 0.417. The largest absolute Gasteiger partial charge is 0.459 e. The van der Waals surface area contributed by atoms with Crippen LogP contribution < -0.4 is 5.73 Å². The number of benzene rings is 1. The van der Waals surface area contributed by atoms with Crippen molar-refractivity contribution in [2.24, 2.45) is 5.73 Å². The van der Waals surface area contributed by atoms with Gasteiger partial charge in [-0.1, -0.05) is 30.3 Å². The number of ether oxygens (including phenoxy) is 2. The summed E-state index contributed by atoms with van der Waals surface area (Å²) in [5, 5.41) is 0. The van der Waals surface area contributed by atoms with Crippen molar-refractivity contribution in [1.82, 2.24) is 0 Å². The van der Waals surface area contributed by atoms with Crippen LogP contribution in [0.25, 0.3) is 0 Å². The zero-order valence-electron chi connectivity index (χ0n) is 13.8. The van der Waals surface area contributed by atoms with Gasteiger partial charge in [0.2, 0.25) is 0 Å². The summed E-state index contributed by atoms with van der Waals surface area (Å²) in [5.74, 6) is -0.458. The molecule has 4 heteroatoms. The van der Waals surface area contributed by atoms with Crippen LogP contribution in [0.4, 0.5) is 0 Å². The first kappa shape index (κ1) is 17.7. The van der Waals surface area contributed by atoms with Gasteiger partial charge < -0.3 is 15.2 Å². The highest BCUT2D eigenvalue weighted by Crippen LogP contribution is 2.27.